The minimum Gasteiger partial charge on any atom is -0.451 e. The second-order valence-corrected chi connectivity index (χ2v) is 8.02. The van der Waals surface area contributed by atoms with Crippen LogP contribution in [0.3, 0.4) is 0 Å². The average molecular weight is 399 g/mol. The van der Waals surface area contributed by atoms with Gasteiger partial charge in [-0.25, -0.2) is 4.39 Å². The molecule has 6 heteroatoms. The standard InChI is InChI=1S/C22H23FN2O2S/c1-24-15-7-6-12-25(13-15)22(26)21-17(16-8-2-4-10-19(16)27-21)14-28-20-11-5-3-9-18(20)23/h2-5,8-11,15,24H,6-7,12-14H2,1H3. The number of benzene rings is 2. The normalized spacial score (nSPS) is 17.2. The number of para-hydroxylation sites is 1. The minimum atomic E-state index is -0.249. The maximum Gasteiger partial charge on any atom is 0.289 e. The summed E-state index contributed by atoms with van der Waals surface area (Å²) in [6, 6.07) is 14.7. The molecule has 1 fully saturated rings. The average Bonchev–Trinajstić information content (AvgIpc) is 3.11. The third-order valence-electron chi connectivity index (χ3n) is 5.22. The Balaban J connectivity index is 1.65. The van der Waals surface area contributed by atoms with Crippen LogP contribution in [0.2, 0.25) is 0 Å². The van der Waals surface area contributed by atoms with Gasteiger partial charge in [-0.05, 0) is 38.1 Å². The number of nitrogens with one attached hydrogen (secondary N) is 1. The van der Waals surface area contributed by atoms with E-state index in [0.717, 1.165) is 30.3 Å². The topological polar surface area (TPSA) is 45.5 Å². The molecule has 1 N–H and O–H groups in total. The van der Waals surface area contributed by atoms with Gasteiger partial charge in [-0.2, -0.15) is 0 Å². The molecule has 2 aromatic carbocycles. The van der Waals surface area contributed by atoms with Gasteiger partial charge in [0, 0.05) is 40.7 Å². The lowest BCUT2D eigenvalue weighted by atomic mass is 10.0. The van der Waals surface area contributed by atoms with Crippen LogP contribution in [-0.4, -0.2) is 37.0 Å². The van der Waals surface area contributed by atoms with E-state index in [0.29, 0.717) is 34.6 Å². The molecule has 146 valence electrons. The molecule has 1 unspecified atom stereocenters. The molecular formula is C22H23FN2O2S. The number of nitrogens with zero attached hydrogens (tertiary/aromatic N) is 1. The Hall–Kier alpha value is -2.31. The van der Waals surface area contributed by atoms with Crippen molar-refractivity contribution in [1.29, 1.82) is 0 Å². The smallest absolute Gasteiger partial charge is 0.289 e. The molecule has 1 saturated heterocycles. The van der Waals surface area contributed by atoms with Gasteiger partial charge in [0.2, 0.25) is 0 Å². The summed E-state index contributed by atoms with van der Waals surface area (Å²) >= 11 is 1.38. The second kappa shape index (κ2) is 8.37. The fraction of sp³-hybridized carbons (Fsp3) is 0.318. The highest BCUT2D eigenvalue weighted by Gasteiger charge is 2.29. The lowest BCUT2D eigenvalue weighted by Crippen LogP contribution is -2.47. The first kappa shape index (κ1) is 19.0. The van der Waals surface area contributed by atoms with Gasteiger partial charge in [-0.15, -0.1) is 11.8 Å². The number of likely N-dealkylation sites (N-methyl/N-ethyl adjacent to an activating group) is 1. The number of amides is 1. The molecule has 1 atom stereocenters. The van der Waals surface area contributed by atoms with E-state index in [2.05, 4.69) is 5.32 Å². The number of halogens is 1. The number of piperidine rings is 1. The van der Waals surface area contributed by atoms with E-state index < -0.39 is 0 Å². The Morgan fingerprint density at radius 2 is 2.04 bits per heavy atom. The molecule has 0 bridgehead atoms. The molecular weight excluding hydrogens is 375 g/mol. The highest BCUT2D eigenvalue weighted by atomic mass is 32.2. The molecule has 0 radical (unpaired) electrons. The molecule has 1 aliphatic rings. The highest BCUT2D eigenvalue weighted by Crippen LogP contribution is 2.34. The van der Waals surface area contributed by atoms with Gasteiger partial charge in [-0.1, -0.05) is 30.3 Å². The maximum absolute atomic E-state index is 14.0. The summed E-state index contributed by atoms with van der Waals surface area (Å²) in [7, 11) is 1.93. The Morgan fingerprint density at radius 3 is 2.86 bits per heavy atom. The summed E-state index contributed by atoms with van der Waals surface area (Å²) in [6.45, 7) is 1.40. The van der Waals surface area contributed by atoms with Crippen LogP contribution in [0.1, 0.15) is 29.0 Å². The summed E-state index contributed by atoms with van der Waals surface area (Å²) in [5, 5.41) is 4.18. The molecule has 1 amide bonds. The lowest BCUT2D eigenvalue weighted by molar-refractivity contribution is 0.0667. The summed E-state index contributed by atoms with van der Waals surface area (Å²) < 4.78 is 20.0. The van der Waals surface area contributed by atoms with Crippen molar-refractivity contribution in [3.8, 4) is 0 Å². The second-order valence-electron chi connectivity index (χ2n) is 7.00. The van der Waals surface area contributed by atoms with Gasteiger partial charge in [0.1, 0.15) is 11.4 Å². The van der Waals surface area contributed by atoms with Gasteiger partial charge in [0.15, 0.2) is 5.76 Å². The third kappa shape index (κ3) is 3.80. The van der Waals surface area contributed by atoms with Crippen LogP contribution in [0, 0.1) is 5.82 Å². The van der Waals surface area contributed by atoms with Crippen LogP contribution in [0.25, 0.3) is 11.0 Å². The number of hydrogen-bond acceptors (Lipinski definition) is 4. The van der Waals surface area contributed by atoms with Crippen LogP contribution < -0.4 is 5.32 Å². The Labute approximate surface area is 168 Å². The van der Waals surface area contributed by atoms with E-state index >= 15 is 0 Å². The fourth-order valence-corrected chi connectivity index (χ4v) is 4.63. The van der Waals surface area contributed by atoms with Crippen LogP contribution in [0.4, 0.5) is 4.39 Å². The predicted octanol–water partition coefficient (Wildman–Crippen LogP) is 4.69. The SMILES string of the molecule is CNC1CCCN(C(=O)c2oc3ccccc3c2CSc2ccccc2F)C1. The first-order chi connectivity index (χ1) is 13.7. The number of hydrogen-bond donors (Lipinski definition) is 1. The summed E-state index contributed by atoms with van der Waals surface area (Å²) in [4.78, 5) is 15.7. The highest BCUT2D eigenvalue weighted by molar-refractivity contribution is 7.98. The molecule has 3 aromatic rings. The fourth-order valence-electron chi connectivity index (χ4n) is 3.67. The van der Waals surface area contributed by atoms with Gasteiger partial charge in [0.25, 0.3) is 5.91 Å². The van der Waals surface area contributed by atoms with Gasteiger partial charge < -0.3 is 14.6 Å². The molecule has 0 saturated carbocycles. The zero-order valence-electron chi connectivity index (χ0n) is 15.8. The molecule has 4 rings (SSSR count). The quantitative estimate of drug-likeness (QED) is 0.634. The monoisotopic (exact) mass is 398 g/mol. The number of likely N-dealkylation sites (tertiary alicyclic amines) is 1. The molecule has 0 spiro atoms. The summed E-state index contributed by atoms with van der Waals surface area (Å²) in [5.41, 5.74) is 1.53. The first-order valence-electron chi connectivity index (χ1n) is 9.51. The zero-order valence-corrected chi connectivity index (χ0v) is 16.6. The lowest BCUT2D eigenvalue weighted by Gasteiger charge is -2.32. The number of carbonyl (C=O) groups excluding carboxylic acids is 1. The Bertz CT molecular complexity index is 988. The Kier molecular flexibility index (Phi) is 5.69. The van der Waals surface area contributed by atoms with Crippen molar-refractivity contribution in [3.63, 3.8) is 0 Å². The summed E-state index contributed by atoms with van der Waals surface area (Å²) in [6.07, 6.45) is 2.03. The third-order valence-corrected chi connectivity index (χ3v) is 6.29. The molecule has 4 nitrogen and oxygen atoms in total. The number of rotatable bonds is 5. The number of fused-ring (bicyclic) bond motifs is 1. The van der Waals surface area contributed by atoms with E-state index in [1.807, 2.05) is 42.3 Å². The maximum atomic E-state index is 14.0. The first-order valence-corrected chi connectivity index (χ1v) is 10.5. The van der Waals surface area contributed by atoms with Crippen molar-refractivity contribution in [3.05, 3.63) is 65.7 Å². The zero-order chi connectivity index (χ0) is 19.5. The van der Waals surface area contributed by atoms with Gasteiger partial charge >= 0.3 is 0 Å². The van der Waals surface area contributed by atoms with Gasteiger partial charge in [0.05, 0.1) is 0 Å². The van der Waals surface area contributed by atoms with Crippen LogP contribution in [-0.2, 0) is 5.75 Å². The minimum absolute atomic E-state index is 0.0831. The van der Waals surface area contributed by atoms with E-state index in [1.54, 1.807) is 12.1 Å². The Morgan fingerprint density at radius 1 is 1.25 bits per heavy atom. The van der Waals surface area contributed by atoms with Crippen molar-refractivity contribution >= 4 is 28.6 Å². The van der Waals surface area contributed by atoms with E-state index in [9.17, 15) is 9.18 Å². The van der Waals surface area contributed by atoms with Gasteiger partial charge in [-0.3, -0.25) is 4.79 Å². The van der Waals surface area contributed by atoms with E-state index in [4.69, 9.17) is 4.42 Å². The summed E-state index contributed by atoms with van der Waals surface area (Å²) in [5.74, 6) is 0.519. The van der Waals surface area contributed by atoms with E-state index in [1.165, 1.54) is 17.8 Å². The van der Waals surface area contributed by atoms with Crippen LogP contribution in [0.5, 0.6) is 0 Å². The van der Waals surface area contributed by atoms with Crippen molar-refractivity contribution in [1.82, 2.24) is 10.2 Å². The van der Waals surface area contributed by atoms with Crippen molar-refractivity contribution in [2.24, 2.45) is 0 Å². The van der Waals surface area contributed by atoms with Crippen LogP contribution >= 0.6 is 11.8 Å². The molecule has 28 heavy (non-hydrogen) atoms. The number of carbonyl (C=O) groups is 1. The molecule has 2 heterocycles. The van der Waals surface area contributed by atoms with Crippen molar-refractivity contribution in [2.45, 2.75) is 29.5 Å². The van der Waals surface area contributed by atoms with Crippen molar-refractivity contribution in [2.75, 3.05) is 20.1 Å². The molecule has 0 aliphatic carbocycles. The predicted molar refractivity (Wildman–Crippen MR) is 110 cm³/mol. The largest absolute Gasteiger partial charge is 0.451 e. The number of thioether (sulfide) groups is 1. The number of furan rings is 1. The van der Waals surface area contributed by atoms with Crippen LogP contribution in [0.15, 0.2) is 57.8 Å². The molecule has 1 aliphatic heterocycles. The van der Waals surface area contributed by atoms with E-state index in [-0.39, 0.29) is 11.7 Å². The molecule has 1 aromatic heterocycles. The van der Waals surface area contributed by atoms with Crippen molar-refractivity contribution < 1.29 is 13.6 Å².